The van der Waals surface area contributed by atoms with Gasteiger partial charge in [0.05, 0.1) is 18.8 Å². The summed E-state index contributed by atoms with van der Waals surface area (Å²) in [5, 5.41) is 26.3. The van der Waals surface area contributed by atoms with Crippen LogP contribution in [0.15, 0.2) is 0 Å². The Morgan fingerprint density at radius 1 is 1.14 bits per heavy atom. The molecule has 4 saturated carbocycles. The van der Waals surface area contributed by atoms with Crippen molar-refractivity contribution >= 4 is 5.91 Å². The van der Waals surface area contributed by atoms with E-state index in [1.807, 2.05) is 7.11 Å². The summed E-state index contributed by atoms with van der Waals surface area (Å²) in [4.78, 5) is 20.4. The van der Waals surface area contributed by atoms with Gasteiger partial charge in [-0.3, -0.25) is 9.63 Å². The summed E-state index contributed by atoms with van der Waals surface area (Å²) in [7, 11) is 1.83. The van der Waals surface area contributed by atoms with Crippen LogP contribution in [0, 0.1) is 58.7 Å². The number of carbonyl (C=O) groups excluding carboxylic acids is 1. The van der Waals surface area contributed by atoms with E-state index in [4.69, 9.17) is 9.57 Å². The predicted octanol–water partition coefficient (Wildman–Crippen LogP) is 5.68. The zero-order valence-corrected chi connectivity index (χ0v) is 28.2. The normalized spacial score (nSPS) is 40.0. The molecule has 0 aromatic carbocycles. The van der Waals surface area contributed by atoms with Crippen molar-refractivity contribution in [3.8, 4) is 0 Å². The van der Waals surface area contributed by atoms with Crippen LogP contribution in [-0.4, -0.2) is 71.8 Å². The first-order valence-electron chi connectivity index (χ1n) is 17.5. The lowest BCUT2D eigenvalue weighted by molar-refractivity contribution is -0.190. The molecular weight excluding hydrogens is 528 g/mol. The van der Waals surface area contributed by atoms with E-state index in [1.165, 1.54) is 38.5 Å². The number of rotatable bonds is 13. The average Bonchev–Trinajstić information content (AvgIpc) is 3.35. The second-order valence-electron chi connectivity index (χ2n) is 15.5. The van der Waals surface area contributed by atoms with E-state index < -0.39 is 24.2 Å². The Bertz CT molecular complexity index is 881. The van der Waals surface area contributed by atoms with Crippen LogP contribution in [0.1, 0.15) is 107 Å². The molecule has 1 saturated heterocycles. The number of carbonyl (C=O) groups is 1. The summed E-state index contributed by atoms with van der Waals surface area (Å²) in [5.41, 5.74) is 0.347. The quantitative estimate of drug-likeness (QED) is 0.255. The minimum absolute atomic E-state index is 0.0302. The molecule has 0 aromatic rings. The second kappa shape index (κ2) is 14.1. The number of amides is 1. The summed E-state index contributed by atoms with van der Waals surface area (Å²) in [6.07, 6.45) is 8.37. The number of hydrogen-bond donors (Lipinski definition) is 3. The van der Waals surface area contributed by atoms with Crippen molar-refractivity contribution in [3.63, 3.8) is 0 Å². The number of methoxy groups -OCH3 is 1. The topological polar surface area (TPSA) is 91.3 Å². The van der Waals surface area contributed by atoms with E-state index in [-0.39, 0.29) is 30.6 Å². The third-order valence-electron chi connectivity index (χ3n) is 13.3. The fourth-order valence-corrected chi connectivity index (χ4v) is 10.2. The van der Waals surface area contributed by atoms with Gasteiger partial charge in [0.15, 0.2) is 0 Å². The van der Waals surface area contributed by atoms with E-state index in [0.29, 0.717) is 41.5 Å². The lowest BCUT2D eigenvalue weighted by Gasteiger charge is -2.62. The Balaban J connectivity index is 1.51. The van der Waals surface area contributed by atoms with Gasteiger partial charge in [-0.25, -0.2) is 0 Å². The smallest absolute Gasteiger partial charge is 0.240 e. The highest BCUT2D eigenvalue weighted by Gasteiger charge is 2.57. The van der Waals surface area contributed by atoms with Gasteiger partial charge >= 0.3 is 0 Å². The monoisotopic (exact) mass is 592 g/mol. The SMILES string of the molecule is CCC1CCCCC1C(C)C(C)C(OC)C(CC)CN1O[C@@H](CO)[C@H]([C@H](C)O)[C@H]1C(=O)N[C@H]1C[C@H]2C[C@@H]([C@@H]1C)C2(C)C. The molecule has 6 unspecified atom stereocenters. The number of hydroxylamine groups is 2. The maximum absolute atomic E-state index is 14.1. The van der Waals surface area contributed by atoms with E-state index >= 15 is 0 Å². The molecule has 7 heteroatoms. The molecule has 0 aromatic heterocycles. The number of aliphatic hydroxyl groups is 2. The molecule has 5 rings (SSSR count). The Hall–Kier alpha value is -0.730. The van der Waals surface area contributed by atoms with Gasteiger partial charge in [-0.2, -0.15) is 5.06 Å². The van der Waals surface area contributed by atoms with Gasteiger partial charge in [0.2, 0.25) is 5.91 Å². The molecule has 14 atom stereocenters. The zero-order chi connectivity index (χ0) is 30.9. The average molecular weight is 593 g/mol. The van der Waals surface area contributed by atoms with Gasteiger partial charge in [-0.05, 0) is 79.4 Å². The number of ether oxygens (including phenoxy) is 1. The van der Waals surface area contributed by atoms with Crippen molar-refractivity contribution < 1.29 is 24.6 Å². The van der Waals surface area contributed by atoms with Crippen molar-refractivity contribution in [2.75, 3.05) is 20.3 Å². The highest BCUT2D eigenvalue weighted by molar-refractivity contribution is 5.82. The molecule has 5 fully saturated rings. The first kappa shape index (κ1) is 34.1. The van der Waals surface area contributed by atoms with Crippen molar-refractivity contribution in [3.05, 3.63) is 0 Å². The highest BCUT2D eigenvalue weighted by Crippen LogP contribution is 2.61. The molecule has 1 amide bonds. The van der Waals surface area contributed by atoms with Crippen molar-refractivity contribution in [2.24, 2.45) is 58.7 Å². The molecule has 1 heterocycles. The van der Waals surface area contributed by atoms with Gasteiger partial charge in [-0.15, -0.1) is 0 Å². The maximum Gasteiger partial charge on any atom is 0.240 e. The van der Waals surface area contributed by atoms with Crippen molar-refractivity contribution in [1.29, 1.82) is 0 Å². The maximum atomic E-state index is 14.1. The third-order valence-corrected chi connectivity index (χ3v) is 13.3. The van der Waals surface area contributed by atoms with Gasteiger partial charge in [0.25, 0.3) is 0 Å². The standard InChI is InChI=1S/C35H64N2O5/c1-10-24-14-12-13-15-27(24)20(3)21(4)33(41-9)25(11-2)18-37-32(31(23(6)39)30(19-38)42-37)34(40)36-29-17-26-16-28(22(29)5)35(26,7)8/h20-33,38-39H,10-19H2,1-9H3,(H,36,40)/t20?,21?,22-,23-,24?,25?,26+,27?,28-,29-,30-,31-,32-,33?/m0/s1. The highest BCUT2D eigenvalue weighted by atomic mass is 16.7. The van der Waals surface area contributed by atoms with Crippen LogP contribution >= 0.6 is 0 Å². The fourth-order valence-electron chi connectivity index (χ4n) is 10.2. The van der Waals surface area contributed by atoms with E-state index in [2.05, 4.69) is 53.8 Å². The Morgan fingerprint density at radius 2 is 1.83 bits per heavy atom. The van der Waals surface area contributed by atoms with Crippen LogP contribution in [0.25, 0.3) is 0 Å². The number of nitrogens with zero attached hydrogens (tertiary/aromatic N) is 1. The lowest BCUT2D eigenvalue weighted by Crippen LogP contribution is -2.62. The third kappa shape index (κ3) is 6.47. The molecule has 1 aliphatic heterocycles. The molecule has 4 aliphatic carbocycles. The van der Waals surface area contributed by atoms with E-state index in [1.54, 1.807) is 12.0 Å². The van der Waals surface area contributed by atoms with Crippen LogP contribution in [0.3, 0.4) is 0 Å². The Morgan fingerprint density at radius 3 is 2.38 bits per heavy atom. The molecule has 0 spiro atoms. The van der Waals surface area contributed by atoms with Gasteiger partial charge in [0, 0.05) is 31.5 Å². The molecular formula is C35H64N2O5. The summed E-state index contributed by atoms with van der Waals surface area (Å²) in [6.45, 7) is 18.4. The van der Waals surface area contributed by atoms with E-state index in [0.717, 1.165) is 24.7 Å². The predicted molar refractivity (Wildman–Crippen MR) is 167 cm³/mol. The van der Waals surface area contributed by atoms with Gasteiger partial charge in [-0.1, -0.05) is 74.1 Å². The van der Waals surface area contributed by atoms with Crippen molar-refractivity contribution in [1.82, 2.24) is 10.4 Å². The van der Waals surface area contributed by atoms with Gasteiger partial charge in [0.1, 0.15) is 12.1 Å². The largest absolute Gasteiger partial charge is 0.394 e. The number of fused-ring (bicyclic) bond motifs is 2. The minimum atomic E-state index is -0.784. The van der Waals surface area contributed by atoms with Crippen LogP contribution in [0.5, 0.6) is 0 Å². The Kier molecular flexibility index (Phi) is 11.5. The number of aliphatic hydroxyl groups excluding tert-OH is 2. The first-order valence-corrected chi connectivity index (χ1v) is 17.5. The minimum Gasteiger partial charge on any atom is -0.394 e. The molecule has 244 valence electrons. The summed E-state index contributed by atoms with van der Waals surface area (Å²) in [6, 6.07) is -0.516. The van der Waals surface area contributed by atoms with Crippen LogP contribution in [-0.2, 0) is 14.4 Å². The zero-order valence-electron chi connectivity index (χ0n) is 28.2. The van der Waals surface area contributed by atoms with E-state index in [9.17, 15) is 15.0 Å². The van der Waals surface area contributed by atoms with Crippen LogP contribution in [0.2, 0.25) is 0 Å². The van der Waals surface area contributed by atoms with Crippen molar-refractivity contribution in [2.45, 2.75) is 137 Å². The van der Waals surface area contributed by atoms with Crippen LogP contribution < -0.4 is 5.32 Å². The molecule has 0 radical (unpaired) electrons. The summed E-state index contributed by atoms with van der Waals surface area (Å²) in [5.74, 6) is 3.69. The fraction of sp³-hybridized carbons (Fsp3) is 0.971. The number of hydrogen-bond acceptors (Lipinski definition) is 6. The molecule has 2 bridgehead atoms. The second-order valence-corrected chi connectivity index (χ2v) is 15.5. The molecule has 3 N–H and O–H groups in total. The summed E-state index contributed by atoms with van der Waals surface area (Å²) < 4.78 is 6.27. The van der Waals surface area contributed by atoms with Gasteiger partial charge < -0.3 is 20.3 Å². The molecule has 42 heavy (non-hydrogen) atoms. The Labute approximate surface area is 256 Å². The summed E-state index contributed by atoms with van der Waals surface area (Å²) >= 11 is 0. The molecule has 5 aliphatic rings. The lowest BCUT2D eigenvalue weighted by atomic mass is 9.45. The number of nitrogens with one attached hydrogen (secondary N) is 1. The molecule has 7 nitrogen and oxygen atoms in total. The van der Waals surface area contributed by atoms with Crippen LogP contribution in [0.4, 0.5) is 0 Å². The first-order chi connectivity index (χ1) is 19.9.